The van der Waals surface area contributed by atoms with Crippen molar-refractivity contribution in [3.8, 4) is 11.5 Å². The Morgan fingerprint density at radius 2 is 1.67 bits per heavy atom. The summed E-state index contributed by atoms with van der Waals surface area (Å²) in [6, 6.07) is 3.91. The first kappa shape index (κ1) is 11.9. The lowest BCUT2D eigenvalue weighted by Crippen LogP contribution is -2.12. The maximum Gasteiger partial charge on any atom is 0.127 e. The van der Waals surface area contributed by atoms with Crippen LogP contribution in [0.25, 0.3) is 0 Å². The zero-order valence-electron chi connectivity index (χ0n) is 9.83. The van der Waals surface area contributed by atoms with Gasteiger partial charge in [-0.05, 0) is 31.0 Å². The van der Waals surface area contributed by atoms with Crippen molar-refractivity contribution < 1.29 is 9.47 Å². The summed E-state index contributed by atoms with van der Waals surface area (Å²) < 4.78 is 10.7. The maximum absolute atomic E-state index is 6.04. The lowest BCUT2D eigenvalue weighted by Gasteiger charge is -2.18. The minimum absolute atomic E-state index is 0.0458. The van der Waals surface area contributed by atoms with Gasteiger partial charge in [0.2, 0.25) is 0 Å². The Morgan fingerprint density at radius 3 is 2.00 bits per heavy atom. The van der Waals surface area contributed by atoms with Gasteiger partial charge in [0.1, 0.15) is 11.5 Å². The average Bonchev–Trinajstić information content (AvgIpc) is 2.26. The molecular weight excluding hydrogens is 190 g/mol. The molecule has 0 radical (unpaired) electrons. The molecule has 0 aliphatic carbocycles. The summed E-state index contributed by atoms with van der Waals surface area (Å²) in [4.78, 5) is 0. The highest BCUT2D eigenvalue weighted by Crippen LogP contribution is 2.35. The molecule has 1 aromatic carbocycles. The third-order valence-corrected chi connectivity index (χ3v) is 2.50. The molecule has 0 aliphatic heterocycles. The molecule has 0 aliphatic rings. The van der Waals surface area contributed by atoms with E-state index in [1.807, 2.05) is 26.0 Å². The number of ether oxygens (including phenoxy) is 2. The Hall–Kier alpha value is -1.22. The predicted molar refractivity (Wildman–Crippen MR) is 61.5 cm³/mol. The molecule has 0 amide bonds. The van der Waals surface area contributed by atoms with Crippen LogP contribution in [0.15, 0.2) is 12.1 Å². The van der Waals surface area contributed by atoms with Gasteiger partial charge < -0.3 is 15.2 Å². The van der Waals surface area contributed by atoms with Gasteiger partial charge in [-0.15, -0.1) is 0 Å². The Bertz CT molecular complexity index is 311. The summed E-state index contributed by atoms with van der Waals surface area (Å²) in [6.07, 6.45) is 0.857. The van der Waals surface area contributed by atoms with Gasteiger partial charge in [0.15, 0.2) is 0 Å². The van der Waals surface area contributed by atoms with Gasteiger partial charge in [-0.25, -0.2) is 0 Å². The van der Waals surface area contributed by atoms with Crippen molar-refractivity contribution in [2.24, 2.45) is 5.73 Å². The normalized spacial score (nSPS) is 12.3. The van der Waals surface area contributed by atoms with E-state index in [0.29, 0.717) is 0 Å². The van der Waals surface area contributed by atoms with Crippen LogP contribution in [0.4, 0.5) is 0 Å². The van der Waals surface area contributed by atoms with Gasteiger partial charge in [-0.1, -0.05) is 6.92 Å². The molecule has 2 N–H and O–H groups in total. The second kappa shape index (κ2) is 5.03. The number of hydrogen-bond donors (Lipinski definition) is 1. The monoisotopic (exact) mass is 209 g/mol. The van der Waals surface area contributed by atoms with Crippen LogP contribution in [0.2, 0.25) is 0 Å². The fourth-order valence-electron chi connectivity index (χ4n) is 1.64. The molecule has 0 heterocycles. The summed E-state index contributed by atoms with van der Waals surface area (Å²) >= 11 is 0. The lowest BCUT2D eigenvalue weighted by atomic mass is 10.0. The van der Waals surface area contributed by atoms with E-state index in [0.717, 1.165) is 29.0 Å². The summed E-state index contributed by atoms with van der Waals surface area (Å²) in [6.45, 7) is 4.05. The van der Waals surface area contributed by atoms with E-state index in [4.69, 9.17) is 15.2 Å². The van der Waals surface area contributed by atoms with E-state index in [-0.39, 0.29) is 6.04 Å². The number of methoxy groups -OCH3 is 2. The molecule has 1 rings (SSSR count). The molecule has 84 valence electrons. The summed E-state index contributed by atoms with van der Waals surface area (Å²) in [7, 11) is 3.31. The minimum Gasteiger partial charge on any atom is -0.496 e. The van der Waals surface area contributed by atoms with Crippen LogP contribution in [0.5, 0.6) is 11.5 Å². The molecule has 1 aromatic rings. The van der Waals surface area contributed by atoms with Gasteiger partial charge >= 0.3 is 0 Å². The first-order valence-electron chi connectivity index (χ1n) is 5.12. The molecule has 0 spiro atoms. The topological polar surface area (TPSA) is 44.5 Å². The summed E-state index contributed by atoms with van der Waals surface area (Å²) in [5.41, 5.74) is 8.10. The highest BCUT2D eigenvalue weighted by Gasteiger charge is 2.16. The molecule has 0 bridgehead atoms. The third-order valence-electron chi connectivity index (χ3n) is 2.50. The zero-order valence-corrected chi connectivity index (χ0v) is 9.83. The quantitative estimate of drug-likeness (QED) is 0.828. The molecule has 3 heteroatoms. The van der Waals surface area contributed by atoms with Crippen molar-refractivity contribution in [2.45, 2.75) is 26.3 Å². The van der Waals surface area contributed by atoms with Gasteiger partial charge in [0.05, 0.1) is 19.8 Å². The van der Waals surface area contributed by atoms with Crippen LogP contribution in [0.3, 0.4) is 0 Å². The van der Waals surface area contributed by atoms with Crippen LogP contribution in [-0.4, -0.2) is 14.2 Å². The number of hydrogen-bond acceptors (Lipinski definition) is 3. The van der Waals surface area contributed by atoms with Crippen LogP contribution < -0.4 is 15.2 Å². The van der Waals surface area contributed by atoms with Gasteiger partial charge in [-0.3, -0.25) is 0 Å². The number of benzene rings is 1. The van der Waals surface area contributed by atoms with Crippen molar-refractivity contribution in [1.82, 2.24) is 0 Å². The SMILES string of the molecule is CC[C@H](N)c1c(OC)cc(C)cc1OC. The van der Waals surface area contributed by atoms with Gasteiger partial charge in [-0.2, -0.15) is 0 Å². The molecule has 15 heavy (non-hydrogen) atoms. The molecular formula is C12H19NO2. The van der Waals surface area contributed by atoms with E-state index in [2.05, 4.69) is 0 Å². The van der Waals surface area contributed by atoms with Crippen LogP contribution in [0, 0.1) is 6.92 Å². The van der Waals surface area contributed by atoms with Crippen LogP contribution >= 0.6 is 0 Å². The second-order valence-electron chi connectivity index (χ2n) is 3.60. The highest BCUT2D eigenvalue weighted by molar-refractivity contribution is 5.49. The number of rotatable bonds is 4. The Kier molecular flexibility index (Phi) is 3.97. The number of nitrogens with two attached hydrogens (primary N) is 1. The third kappa shape index (κ3) is 2.42. The lowest BCUT2D eigenvalue weighted by molar-refractivity contribution is 0.377. The van der Waals surface area contributed by atoms with Gasteiger partial charge in [0.25, 0.3) is 0 Å². The van der Waals surface area contributed by atoms with E-state index in [1.165, 1.54) is 0 Å². The fourth-order valence-corrected chi connectivity index (χ4v) is 1.64. The van der Waals surface area contributed by atoms with Crippen molar-refractivity contribution in [3.05, 3.63) is 23.3 Å². The Labute approximate surface area is 91.2 Å². The molecule has 3 nitrogen and oxygen atoms in total. The molecule has 1 atom stereocenters. The summed E-state index contributed by atoms with van der Waals surface area (Å²) in [5, 5.41) is 0. The van der Waals surface area contributed by atoms with Crippen molar-refractivity contribution >= 4 is 0 Å². The maximum atomic E-state index is 6.04. The molecule has 0 aromatic heterocycles. The number of aryl methyl sites for hydroxylation is 1. The Balaban J connectivity index is 3.30. The predicted octanol–water partition coefficient (Wildman–Crippen LogP) is 2.42. The van der Waals surface area contributed by atoms with E-state index < -0.39 is 0 Å². The van der Waals surface area contributed by atoms with E-state index in [9.17, 15) is 0 Å². The fraction of sp³-hybridized carbons (Fsp3) is 0.500. The van der Waals surface area contributed by atoms with Crippen molar-refractivity contribution in [3.63, 3.8) is 0 Å². The van der Waals surface area contributed by atoms with E-state index >= 15 is 0 Å². The average molecular weight is 209 g/mol. The van der Waals surface area contributed by atoms with Crippen molar-refractivity contribution in [1.29, 1.82) is 0 Å². The molecule has 0 unspecified atom stereocenters. The zero-order chi connectivity index (χ0) is 11.4. The van der Waals surface area contributed by atoms with E-state index in [1.54, 1.807) is 14.2 Å². The minimum atomic E-state index is -0.0458. The standard InChI is InChI=1S/C12H19NO2/c1-5-9(13)12-10(14-3)6-8(2)7-11(12)15-4/h6-7,9H,5,13H2,1-4H3/t9-/m0/s1. The smallest absolute Gasteiger partial charge is 0.127 e. The molecule has 0 saturated heterocycles. The van der Waals surface area contributed by atoms with Gasteiger partial charge in [0, 0.05) is 6.04 Å². The van der Waals surface area contributed by atoms with Crippen LogP contribution in [-0.2, 0) is 0 Å². The second-order valence-corrected chi connectivity index (χ2v) is 3.60. The molecule has 0 saturated carbocycles. The first-order chi connectivity index (χ1) is 7.13. The summed E-state index contributed by atoms with van der Waals surface area (Å²) in [5.74, 6) is 1.61. The van der Waals surface area contributed by atoms with Crippen molar-refractivity contribution in [2.75, 3.05) is 14.2 Å². The van der Waals surface area contributed by atoms with Crippen LogP contribution in [0.1, 0.15) is 30.5 Å². The first-order valence-corrected chi connectivity index (χ1v) is 5.12. The Morgan fingerprint density at radius 1 is 1.20 bits per heavy atom. The molecule has 0 fully saturated rings. The largest absolute Gasteiger partial charge is 0.496 e. The highest BCUT2D eigenvalue weighted by atomic mass is 16.5.